The number of aromatic nitrogens is 8. The van der Waals surface area contributed by atoms with Crippen molar-refractivity contribution in [3.63, 3.8) is 0 Å². The number of likely N-dealkylation sites (tertiary alicyclic amines) is 3. The maximum Gasteiger partial charge on any atom is 0.435 e. The molecule has 4 saturated heterocycles. The average molecular weight is 2350 g/mol. The number of carboxylic acid groups (broad SMARTS) is 1. The van der Waals surface area contributed by atoms with E-state index in [-0.39, 0.29) is 173 Å². The third-order valence-corrected chi connectivity index (χ3v) is 27.4. The summed E-state index contributed by atoms with van der Waals surface area (Å²) in [5.41, 5.74) is 1.82. The van der Waals surface area contributed by atoms with Gasteiger partial charge in [-0.05, 0) is 289 Å². The number of carbonyl (C=O) groups is 6. The number of alkyl halides is 1. The summed E-state index contributed by atoms with van der Waals surface area (Å²) in [6, 6.07) is 29.5. The number of esters is 3. The second-order valence-electron chi connectivity index (χ2n) is 38.7. The summed E-state index contributed by atoms with van der Waals surface area (Å²) >= 11 is 32.3. The number of carbonyl (C=O) groups excluding carboxylic acids is 5. The Morgan fingerprint density at radius 1 is 0.483 bits per heavy atom. The van der Waals surface area contributed by atoms with Crippen LogP contribution < -0.4 is 21.7 Å². The number of nitrogens with one attached hydrogen (secondary N) is 3. The van der Waals surface area contributed by atoms with Gasteiger partial charge in [-0.2, -0.15) is 9.36 Å². The van der Waals surface area contributed by atoms with Gasteiger partial charge in [-0.3, -0.25) is 38.9 Å². The first-order chi connectivity index (χ1) is 73.1. The number of nitrogens with zero attached hydrogens (tertiary/aromatic N) is 12. The third-order valence-electron chi connectivity index (χ3n) is 24.9. The van der Waals surface area contributed by atoms with Gasteiger partial charge in [0.25, 0.3) is 0 Å². The SMILES string of the molecule is COC(=O)C1(Cc2nc(Br)ccc2F)CCNC(C)C1.Cc1cc(N)nn1C(=O)OC(C)(C)C.[2H]C([2H])(Br)c1cccc(Cl)c1F.[2H]C([2H])(c1cccc(Cl)c1F)N1CCC(Cc2nc(Br)ccc2F)(C(=O)OC)CC1C.[2H]C([2H])(c1cccc(Cl)c1F)N1CCC(Cc2nc(NC3=NCC(C)=C3)ccc2F)(C(=O)O)CC1C.[2H]C([2H])(c1cccc(Cl)c1F)N1CCC(Cc2nc(Nc3cc(C)n(C(=O)OC(C)(C)C)n3)ccc2F)(C(=O)OC)CC1C. The van der Waals surface area contributed by atoms with Crippen molar-refractivity contribution in [2.45, 2.75) is 227 Å². The Bertz CT molecular complexity index is 6930. The number of aryl methyl sites for hydroxylation is 2. The van der Waals surface area contributed by atoms with Crippen LogP contribution in [0.1, 0.15) is 195 Å². The minimum atomic E-state index is -2.23. The van der Waals surface area contributed by atoms with Gasteiger partial charge < -0.3 is 50.5 Å². The van der Waals surface area contributed by atoms with Gasteiger partial charge in [0.05, 0.1) is 92.4 Å². The lowest BCUT2D eigenvalue weighted by molar-refractivity contribution is -0.158. The zero-order valence-electron chi connectivity index (χ0n) is 92.7. The number of nitrogen functional groups attached to an aromatic ring is 1. The van der Waals surface area contributed by atoms with Crippen LogP contribution in [0.25, 0.3) is 0 Å². The van der Waals surface area contributed by atoms with Crippen LogP contribution in [0.15, 0.2) is 159 Å². The summed E-state index contributed by atoms with van der Waals surface area (Å²) < 4.78 is 210. The number of piperidine rings is 4. The molecule has 0 spiro atoms. The number of ether oxygens (including phenoxy) is 5. The van der Waals surface area contributed by atoms with Gasteiger partial charge in [-0.15, -0.1) is 10.2 Å². The van der Waals surface area contributed by atoms with Gasteiger partial charge in [0, 0.05) is 126 Å². The standard InChI is InChI=1S/C30H36ClF2N5O4.C25H27ClF2N4O2.C21H22BrClF2N2O2.C14H18BrFN2O2.C9H15N3O2.C7H5BrClF/c1-18-14-25(36-38(18)28(40)42-29(3,4)5)35-24-11-10-22(32)23(34-24)16-30(27(39)41-6)12-13-37(19(2)15-30)17-20-8-7-9-21(31)26(20)33;1-15-10-22(29-13-15)31-21-7-6-19(27)20(30-21)12-25(24(33)34)8-9-32(16(2)11-25)14-17-4-3-5-18(26)23(17)28;1-13-10-21(20(28)29-2,11-17-16(24)6-7-18(22)26-17)8-9-27(13)12-14-4-3-5-15(23)19(14)25;1-9-7-14(5-6-17-9,13(19)20-2)8-11-10(16)3-4-12(15)18-11;1-6-5-7(10)11-12(6)8(13)14-9(2,3)4;8-4-5-2-1-3-6(9)7(5)10/h7-11,14,19H,12-13,15-17H2,1-6H3,(H,34,35,36);3-7,10,16H,8-9,11-14H2,1-2H3,(H,33,34)(H,29,30,31);3-7,13H,8-12H2,1-2H3;3-4,9,17H,5-8H2,1-2H3;5H,1-4H3,(H2,10,11);1-3H,4H2/i17D2;14D2;12D2;;;4D2. The fourth-order valence-corrected chi connectivity index (χ4v) is 19.3. The van der Waals surface area contributed by atoms with Crippen LogP contribution in [0.4, 0.5) is 68.0 Å². The maximum atomic E-state index is 15.2. The van der Waals surface area contributed by atoms with E-state index in [4.69, 9.17) is 86.8 Å². The largest absolute Gasteiger partial charge is 0.481 e. The Kier molecular flexibility index (Phi) is 38.6. The highest BCUT2D eigenvalue weighted by Crippen LogP contribution is 2.46. The molecule has 0 aliphatic carbocycles. The number of amidine groups is 1. The molecule has 0 bridgehead atoms. The summed E-state index contributed by atoms with van der Waals surface area (Å²) in [7, 11) is 3.89. The van der Waals surface area contributed by atoms with Crippen molar-refractivity contribution < 1.29 is 104 Å². The minimum absolute atomic E-state index is 0.00578. The second kappa shape index (κ2) is 53.1. The maximum absolute atomic E-state index is 15.2. The summed E-state index contributed by atoms with van der Waals surface area (Å²) in [5, 5.41) is 25.0. The summed E-state index contributed by atoms with van der Waals surface area (Å²) in [6.45, 7) is 18.0. The summed E-state index contributed by atoms with van der Waals surface area (Å²) in [5.74, 6) is -6.11. The van der Waals surface area contributed by atoms with E-state index in [1.165, 1.54) is 151 Å². The van der Waals surface area contributed by atoms with E-state index in [1.54, 1.807) is 94.4 Å². The number of halogens is 15. The molecule has 11 heterocycles. The lowest BCUT2D eigenvalue weighted by Gasteiger charge is -2.44. The fourth-order valence-electron chi connectivity index (χ4n) is 17.6. The second-order valence-corrected chi connectivity index (χ2v) is 42.4. The zero-order valence-corrected chi connectivity index (χ0v) is 92.4. The van der Waals surface area contributed by atoms with Gasteiger partial charge in [0.1, 0.15) is 90.2 Å². The van der Waals surface area contributed by atoms with Crippen molar-refractivity contribution >= 4 is 159 Å². The lowest BCUT2D eigenvalue weighted by atomic mass is 9.72. The number of pyridine rings is 4. The van der Waals surface area contributed by atoms with Crippen molar-refractivity contribution in [2.24, 2.45) is 26.7 Å². The Labute approximate surface area is 918 Å². The molecule has 43 heteroatoms. The Morgan fingerprint density at radius 3 is 1.18 bits per heavy atom. The van der Waals surface area contributed by atoms with Gasteiger partial charge >= 0.3 is 36.1 Å². The van der Waals surface area contributed by atoms with Crippen molar-refractivity contribution in [2.75, 3.05) is 70.4 Å². The van der Waals surface area contributed by atoms with Crippen LogP contribution in [-0.4, -0.2) is 191 Å². The first-order valence-corrected chi connectivity index (χ1v) is 51.0. The smallest absolute Gasteiger partial charge is 0.435 e. The van der Waals surface area contributed by atoms with Crippen LogP contribution in [0.2, 0.25) is 20.1 Å². The molecule has 10 aromatic rings. The molecular formula is C106H123Br3Cl4F8N16O12. The van der Waals surface area contributed by atoms with E-state index >= 15 is 4.39 Å². The van der Waals surface area contributed by atoms with Crippen LogP contribution >= 0.6 is 94.2 Å². The molecule has 149 heavy (non-hydrogen) atoms. The molecule has 0 saturated carbocycles. The molecule has 8 unspecified atom stereocenters. The highest BCUT2D eigenvalue weighted by molar-refractivity contribution is 9.10. The zero-order chi connectivity index (χ0) is 117. The lowest BCUT2D eigenvalue weighted by Crippen LogP contribution is -2.50. The monoisotopic (exact) mass is 2350 g/mol. The number of benzene rings is 4. The van der Waals surface area contributed by atoms with Gasteiger partial charge in [0.2, 0.25) is 0 Å². The number of aliphatic carboxylic acids is 1. The molecule has 4 fully saturated rings. The number of nitrogens with two attached hydrogens (primary N) is 1. The van der Waals surface area contributed by atoms with Crippen molar-refractivity contribution in [3.8, 4) is 0 Å². The quantitative estimate of drug-likeness (QED) is 0.0138. The predicted octanol–water partition coefficient (Wildman–Crippen LogP) is 24.1. The topological polar surface area (TPSA) is 340 Å². The fraction of sp³-hybridized carbons (Fsp3) is 0.443. The van der Waals surface area contributed by atoms with Crippen LogP contribution in [0.3, 0.4) is 0 Å². The van der Waals surface area contributed by atoms with Crippen molar-refractivity contribution in [3.05, 3.63) is 277 Å². The highest BCUT2D eigenvalue weighted by atomic mass is 79.9. The summed E-state index contributed by atoms with van der Waals surface area (Å²) in [4.78, 5) is 101. The molecule has 5 aliphatic heterocycles. The molecular weight excluding hydrogens is 2220 g/mol. The Morgan fingerprint density at radius 2 is 0.832 bits per heavy atom. The molecule has 6 aromatic heterocycles. The molecule has 4 aromatic carbocycles. The molecule has 0 amide bonds. The minimum Gasteiger partial charge on any atom is -0.481 e. The molecule has 5 aliphatic rings. The molecule has 804 valence electrons. The summed E-state index contributed by atoms with van der Waals surface area (Å²) in [6.07, 6.45) is 2.55. The normalized spacial score (nSPS) is 21.5. The van der Waals surface area contributed by atoms with Gasteiger partial charge in [0.15, 0.2) is 5.82 Å². The first kappa shape index (κ1) is 108. The number of carboxylic acids is 1. The molecule has 0 radical (unpaired) electrons. The highest BCUT2D eigenvalue weighted by Gasteiger charge is 2.50. The molecule has 6 N–H and O–H groups in total. The first-order valence-electron chi connectivity index (χ1n) is 51.1. The van der Waals surface area contributed by atoms with E-state index in [2.05, 4.69) is 98.9 Å². The number of aliphatic imine (C=N–C) groups is 1. The van der Waals surface area contributed by atoms with Gasteiger partial charge in [-0.25, -0.2) is 64.6 Å². The number of hydrogen-bond donors (Lipinski definition) is 5. The van der Waals surface area contributed by atoms with Crippen molar-refractivity contribution in [1.82, 2.24) is 59.5 Å². The average Bonchev–Trinajstić information content (AvgIpc) is 0.994. The predicted molar refractivity (Wildman–Crippen MR) is 567 cm³/mol. The number of hydrogen-bond acceptors (Lipinski definition) is 25. The molecule has 28 nitrogen and oxygen atoms in total. The number of anilines is 4. The van der Waals surface area contributed by atoms with E-state index in [0.717, 1.165) is 14.9 Å². The van der Waals surface area contributed by atoms with E-state index in [1.807, 2.05) is 19.9 Å². The molecule has 15 rings (SSSR count). The van der Waals surface area contributed by atoms with Gasteiger partial charge in [-0.1, -0.05) is 111 Å². The number of methoxy groups -OCH3 is 3. The Hall–Kier alpha value is -10.6. The van der Waals surface area contributed by atoms with Crippen LogP contribution in [-0.2, 0) is 93.3 Å². The van der Waals surface area contributed by atoms with Crippen LogP contribution in [0, 0.1) is 82.0 Å². The number of rotatable bonds is 22. The molecule has 8 atom stereocenters. The van der Waals surface area contributed by atoms with E-state index < -0.39 is 147 Å². The van der Waals surface area contributed by atoms with E-state index in [9.17, 15) is 64.6 Å². The van der Waals surface area contributed by atoms with Crippen molar-refractivity contribution in [1.29, 1.82) is 0 Å². The van der Waals surface area contributed by atoms with E-state index in [0.29, 0.717) is 69.7 Å². The Balaban J connectivity index is 0.000000201. The van der Waals surface area contributed by atoms with Crippen LogP contribution in [0.5, 0.6) is 0 Å². The third kappa shape index (κ3) is 32.7.